The lowest BCUT2D eigenvalue weighted by atomic mass is 10.0. The van der Waals surface area contributed by atoms with Gasteiger partial charge in [-0.15, -0.1) is 0 Å². The zero-order valence-corrected chi connectivity index (χ0v) is 12.7. The molecule has 0 saturated heterocycles. The molecular formula is C17H21N3O. The SMILES string of the molecule is CC(NCC(=O)N(C)C)c1ccc(-c2ccncc2)cc1. The first-order chi connectivity index (χ1) is 10.1. The highest BCUT2D eigenvalue weighted by atomic mass is 16.2. The number of nitrogens with zero attached hydrogens (tertiary/aromatic N) is 2. The highest BCUT2D eigenvalue weighted by Crippen LogP contribution is 2.21. The van der Waals surface area contributed by atoms with Gasteiger partial charge in [0.1, 0.15) is 0 Å². The van der Waals surface area contributed by atoms with Crippen LogP contribution in [0, 0.1) is 0 Å². The van der Waals surface area contributed by atoms with E-state index in [0.29, 0.717) is 6.54 Å². The third-order valence-electron chi connectivity index (χ3n) is 3.48. The second-order valence-corrected chi connectivity index (χ2v) is 5.25. The molecule has 4 heteroatoms. The van der Waals surface area contributed by atoms with Crippen molar-refractivity contribution in [1.29, 1.82) is 0 Å². The van der Waals surface area contributed by atoms with E-state index in [2.05, 4.69) is 41.5 Å². The van der Waals surface area contributed by atoms with E-state index in [-0.39, 0.29) is 11.9 Å². The van der Waals surface area contributed by atoms with Crippen molar-refractivity contribution in [3.63, 3.8) is 0 Å². The molecule has 110 valence electrons. The van der Waals surface area contributed by atoms with Crippen molar-refractivity contribution in [3.05, 3.63) is 54.4 Å². The zero-order chi connectivity index (χ0) is 15.2. The van der Waals surface area contributed by atoms with Gasteiger partial charge in [0, 0.05) is 32.5 Å². The Labute approximate surface area is 125 Å². The minimum absolute atomic E-state index is 0.0789. The summed E-state index contributed by atoms with van der Waals surface area (Å²) in [6.07, 6.45) is 3.58. The van der Waals surface area contributed by atoms with E-state index in [1.807, 2.05) is 12.1 Å². The Bertz CT molecular complexity index is 579. The first-order valence-electron chi connectivity index (χ1n) is 7.02. The summed E-state index contributed by atoms with van der Waals surface area (Å²) in [5.74, 6) is 0.0789. The molecule has 0 aliphatic heterocycles. The normalized spacial score (nSPS) is 12.0. The standard InChI is InChI=1S/C17H21N3O/c1-13(19-12-17(21)20(2)3)14-4-6-15(7-5-14)16-8-10-18-11-9-16/h4-11,13,19H,12H2,1-3H3. The van der Waals surface area contributed by atoms with Crippen molar-refractivity contribution in [2.24, 2.45) is 0 Å². The lowest BCUT2D eigenvalue weighted by Crippen LogP contribution is -2.34. The molecule has 1 N–H and O–H groups in total. The summed E-state index contributed by atoms with van der Waals surface area (Å²) in [4.78, 5) is 17.2. The van der Waals surface area contributed by atoms with Gasteiger partial charge in [-0.3, -0.25) is 9.78 Å². The van der Waals surface area contributed by atoms with Gasteiger partial charge in [-0.1, -0.05) is 24.3 Å². The molecule has 0 saturated carbocycles. The second kappa shape index (κ2) is 6.99. The highest BCUT2D eigenvalue weighted by molar-refractivity contribution is 5.77. The molecule has 0 fully saturated rings. The minimum Gasteiger partial charge on any atom is -0.348 e. The van der Waals surface area contributed by atoms with Crippen LogP contribution in [0.5, 0.6) is 0 Å². The minimum atomic E-state index is 0.0789. The molecule has 1 amide bonds. The summed E-state index contributed by atoms with van der Waals surface area (Å²) in [5, 5.41) is 3.24. The molecule has 1 heterocycles. The van der Waals surface area contributed by atoms with Crippen molar-refractivity contribution >= 4 is 5.91 Å². The number of benzene rings is 1. The number of amides is 1. The first-order valence-corrected chi connectivity index (χ1v) is 7.02. The largest absolute Gasteiger partial charge is 0.348 e. The third-order valence-corrected chi connectivity index (χ3v) is 3.48. The fraction of sp³-hybridized carbons (Fsp3) is 0.294. The lowest BCUT2D eigenvalue weighted by Gasteiger charge is -2.16. The lowest BCUT2D eigenvalue weighted by molar-refractivity contribution is -0.127. The van der Waals surface area contributed by atoms with Crippen LogP contribution in [0.15, 0.2) is 48.8 Å². The predicted octanol–water partition coefficient (Wildman–Crippen LogP) is 2.49. The number of aromatic nitrogens is 1. The molecule has 2 aromatic rings. The van der Waals surface area contributed by atoms with Crippen molar-refractivity contribution < 1.29 is 4.79 Å². The predicted molar refractivity (Wildman–Crippen MR) is 84.8 cm³/mol. The Hall–Kier alpha value is -2.20. The van der Waals surface area contributed by atoms with Gasteiger partial charge < -0.3 is 10.2 Å². The fourth-order valence-electron chi connectivity index (χ4n) is 2.02. The maximum Gasteiger partial charge on any atom is 0.236 e. The van der Waals surface area contributed by atoms with Crippen LogP contribution in [-0.2, 0) is 4.79 Å². The van der Waals surface area contributed by atoms with E-state index in [9.17, 15) is 4.79 Å². The van der Waals surface area contributed by atoms with Crippen molar-refractivity contribution in [2.75, 3.05) is 20.6 Å². The van der Waals surface area contributed by atoms with Crippen LogP contribution in [0.2, 0.25) is 0 Å². The van der Waals surface area contributed by atoms with E-state index in [1.165, 1.54) is 5.56 Å². The van der Waals surface area contributed by atoms with Crippen molar-refractivity contribution in [3.8, 4) is 11.1 Å². The van der Waals surface area contributed by atoms with Gasteiger partial charge in [-0.2, -0.15) is 0 Å². The van der Waals surface area contributed by atoms with Crippen LogP contribution in [0.25, 0.3) is 11.1 Å². The van der Waals surface area contributed by atoms with Gasteiger partial charge >= 0.3 is 0 Å². The molecule has 0 bridgehead atoms. The van der Waals surface area contributed by atoms with E-state index in [4.69, 9.17) is 0 Å². The summed E-state index contributed by atoms with van der Waals surface area (Å²) in [6.45, 7) is 2.41. The average Bonchev–Trinajstić information content (AvgIpc) is 2.53. The zero-order valence-electron chi connectivity index (χ0n) is 12.7. The highest BCUT2D eigenvalue weighted by Gasteiger charge is 2.09. The Kier molecular flexibility index (Phi) is 5.06. The molecule has 1 atom stereocenters. The number of pyridine rings is 1. The van der Waals surface area contributed by atoms with Crippen molar-refractivity contribution in [1.82, 2.24) is 15.2 Å². The molecule has 0 aliphatic carbocycles. The van der Waals surface area contributed by atoms with Crippen LogP contribution in [0.4, 0.5) is 0 Å². The number of carbonyl (C=O) groups is 1. The van der Waals surface area contributed by atoms with E-state index in [0.717, 1.165) is 11.1 Å². The average molecular weight is 283 g/mol. The van der Waals surface area contributed by atoms with Gasteiger partial charge in [-0.25, -0.2) is 0 Å². The Morgan fingerprint density at radius 3 is 2.24 bits per heavy atom. The summed E-state index contributed by atoms with van der Waals surface area (Å²) in [7, 11) is 3.52. The Morgan fingerprint density at radius 2 is 1.67 bits per heavy atom. The first kappa shape index (κ1) is 15.2. The number of hydrogen-bond donors (Lipinski definition) is 1. The molecule has 0 radical (unpaired) electrons. The molecule has 1 unspecified atom stereocenters. The van der Waals surface area contributed by atoms with Gasteiger partial charge in [0.25, 0.3) is 0 Å². The van der Waals surface area contributed by atoms with E-state index in [1.54, 1.807) is 31.4 Å². The summed E-state index contributed by atoms with van der Waals surface area (Å²) >= 11 is 0. The maximum atomic E-state index is 11.6. The van der Waals surface area contributed by atoms with Crippen molar-refractivity contribution in [2.45, 2.75) is 13.0 Å². The monoisotopic (exact) mass is 283 g/mol. The molecular weight excluding hydrogens is 262 g/mol. The van der Waals surface area contributed by atoms with Gasteiger partial charge in [0.2, 0.25) is 5.91 Å². The van der Waals surface area contributed by atoms with Gasteiger partial charge in [-0.05, 0) is 35.7 Å². The summed E-state index contributed by atoms with van der Waals surface area (Å²) in [5.41, 5.74) is 3.48. The number of hydrogen-bond acceptors (Lipinski definition) is 3. The van der Waals surface area contributed by atoms with Gasteiger partial charge in [0.15, 0.2) is 0 Å². The third kappa shape index (κ3) is 4.13. The van der Waals surface area contributed by atoms with Crippen LogP contribution >= 0.6 is 0 Å². The molecule has 1 aromatic carbocycles. The topological polar surface area (TPSA) is 45.2 Å². The number of carbonyl (C=O) groups excluding carboxylic acids is 1. The molecule has 2 rings (SSSR count). The molecule has 0 aliphatic rings. The van der Waals surface area contributed by atoms with E-state index < -0.39 is 0 Å². The smallest absolute Gasteiger partial charge is 0.236 e. The Morgan fingerprint density at radius 1 is 1.10 bits per heavy atom. The quantitative estimate of drug-likeness (QED) is 0.917. The molecule has 1 aromatic heterocycles. The molecule has 0 spiro atoms. The molecule has 21 heavy (non-hydrogen) atoms. The maximum absolute atomic E-state index is 11.6. The fourth-order valence-corrected chi connectivity index (χ4v) is 2.02. The summed E-state index contributed by atoms with van der Waals surface area (Å²) < 4.78 is 0. The molecule has 4 nitrogen and oxygen atoms in total. The summed E-state index contributed by atoms with van der Waals surface area (Å²) in [6, 6.07) is 12.5. The van der Waals surface area contributed by atoms with Crippen LogP contribution in [0.1, 0.15) is 18.5 Å². The second-order valence-electron chi connectivity index (χ2n) is 5.25. The number of likely N-dealkylation sites (N-methyl/N-ethyl adjacent to an activating group) is 1. The number of nitrogens with one attached hydrogen (secondary N) is 1. The number of rotatable bonds is 5. The van der Waals surface area contributed by atoms with E-state index >= 15 is 0 Å². The van der Waals surface area contributed by atoms with Gasteiger partial charge in [0.05, 0.1) is 6.54 Å². The van der Waals surface area contributed by atoms with Crippen LogP contribution in [0.3, 0.4) is 0 Å². The van der Waals surface area contributed by atoms with Crippen LogP contribution < -0.4 is 5.32 Å². The Balaban J connectivity index is 2.00. The van der Waals surface area contributed by atoms with Crippen LogP contribution in [-0.4, -0.2) is 36.4 Å².